The smallest absolute Gasteiger partial charge is 0.263 e. The number of hydrogen-bond acceptors (Lipinski definition) is 5. The largest absolute Gasteiger partial charge is 0.307 e. The summed E-state index contributed by atoms with van der Waals surface area (Å²) in [4.78, 5) is 13.6. The summed E-state index contributed by atoms with van der Waals surface area (Å²) in [6.45, 7) is 0. The zero-order chi connectivity index (χ0) is 13.2. The molecule has 0 unspecified atom stereocenters. The van der Waals surface area contributed by atoms with Crippen molar-refractivity contribution in [3.8, 4) is 5.69 Å². The van der Waals surface area contributed by atoms with Gasteiger partial charge in [0.25, 0.3) is 5.91 Å². The van der Waals surface area contributed by atoms with E-state index >= 15 is 0 Å². The minimum absolute atomic E-state index is 0.190. The lowest BCUT2D eigenvalue weighted by Gasteiger charge is -1.96. The second-order valence-corrected chi connectivity index (χ2v) is 5.47. The lowest BCUT2D eigenvalue weighted by atomic mass is 10.3. The summed E-state index contributed by atoms with van der Waals surface area (Å²) in [6.07, 6.45) is 3.28. The molecule has 1 amide bonds. The first kappa shape index (κ1) is 12.1. The van der Waals surface area contributed by atoms with E-state index in [2.05, 4.69) is 15.5 Å². The number of carbonyl (C=O) groups is 1. The quantitative estimate of drug-likeness (QED) is 0.674. The Morgan fingerprint density at radius 2 is 2.11 bits per heavy atom. The third-order valence-corrected chi connectivity index (χ3v) is 3.58. The number of aromatic nitrogens is 3. The molecular weight excluding hydrogens is 280 g/mol. The van der Waals surface area contributed by atoms with Gasteiger partial charge >= 0.3 is 0 Å². The molecule has 0 aliphatic carbocycles. The molecule has 1 aromatic carbocycles. The van der Waals surface area contributed by atoms with Crippen LogP contribution in [0.25, 0.3) is 11.8 Å². The Bertz CT molecular complexity index is 678. The zero-order valence-electron chi connectivity index (χ0n) is 9.61. The molecule has 0 atom stereocenters. The lowest BCUT2D eigenvalue weighted by molar-refractivity contribution is -0.115. The number of benzene rings is 1. The standard InChI is InChI=1S/C12H8N4OS2/c17-11-10(19-12(18)14-11)6-8-7-13-16(15-8)9-4-2-1-3-5-9/h1-7H,(H,14,17,18)/b10-6+. The monoisotopic (exact) mass is 288 g/mol. The molecule has 94 valence electrons. The molecule has 1 saturated heterocycles. The second-order valence-electron chi connectivity index (χ2n) is 3.75. The van der Waals surface area contributed by atoms with E-state index in [1.807, 2.05) is 30.3 Å². The van der Waals surface area contributed by atoms with Crippen molar-refractivity contribution in [1.29, 1.82) is 0 Å². The number of thioether (sulfide) groups is 1. The van der Waals surface area contributed by atoms with Crippen LogP contribution < -0.4 is 5.32 Å². The molecule has 1 N–H and O–H groups in total. The molecule has 0 saturated carbocycles. The van der Waals surface area contributed by atoms with E-state index in [1.165, 1.54) is 16.6 Å². The van der Waals surface area contributed by atoms with E-state index in [1.54, 1.807) is 12.3 Å². The molecule has 3 rings (SSSR count). The Kier molecular flexibility index (Phi) is 3.14. The number of hydrogen-bond donors (Lipinski definition) is 1. The van der Waals surface area contributed by atoms with Crippen molar-refractivity contribution in [2.75, 3.05) is 0 Å². The van der Waals surface area contributed by atoms with Crippen molar-refractivity contribution in [1.82, 2.24) is 20.3 Å². The van der Waals surface area contributed by atoms with Crippen LogP contribution >= 0.6 is 24.0 Å². The molecule has 0 radical (unpaired) electrons. The summed E-state index contributed by atoms with van der Waals surface area (Å²) >= 11 is 6.15. The highest BCUT2D eigenvalue weighted by atomic mass is 32.2. The van der Waals surface area contributed by atoms with Gasteiger partial charge in [0.05, 0.1) is 16.8 Å². The Labute approximate surface area is 118 Å². The topological polar surface area (TPSA) is 59.8 Å². The molecule has 2 aromatic rings. The van der Waals surface area contributed by atoms with Crippen molar-refractivity contribution in [3.63, 3.8) is 0 Å². The second kappa shape index (κ2) is 4.94. The average molecular weight is 288 g/mol. The summed E-state index contributed by atoms with van der Waals surface area (Å²) in [5.74, 6) is -0.190. The Hall–Kier alpha value is -1.99. The lowest BCUT2D eigenvalue weighted by Crippen LogP contribution is -2.17. The van der Waals surface area contributed by atoms with E-state index in [4.69, 9.17) is 12.2 Å². The van der Waals surface area contributed by atoms with Gasteiger partial charge in [-0.1, -0.05) is 42.2 Å². The van der Waals surface area contributed by atoms with Crippen LogP contribution in [-0.2, 0) is 4.79 Å². The zero-order valence-corrected chi connectivity index (χ0v) is 11.2. The van der Waals surface area contributed by atoms with Crippen LogP contribution in [0.2, 0.25) is 0 Å². The molecule has 7 heteroatoms. The predicted octanol–water partition coefficient (Wildman–Crippen LogP) is 1.76. The van der Waals surface area contributed by atoms with Gasteiger partial charge < -0.3 is 5.32 Å². The van der Waals surface area contributed by atoms with Crippen LogP contribution in [0.15, 0.2) is 41.4 Å². The fourth-order valence-electron chi connectivity index (χ4n) is 1.58. The van der Waals surface area contributed by atoms with Crippen LogP contribution in [0, 0.1) is 0 Å². The Balaban J connectivity index is 1.89. The number of nitrogens with one attached hydrogen (secondary N) is 1. The molecule has 0 bridgehead atoms. The molecule has 0 spiro atoms. The van der Waals surface area contributed by atoms with Crippen LogP contribution in [0.1, 0.15) is 5.69 Å². The molecule has 1 aliphatic rings. The van der Waals surface area contributed by atoms with E-state index < -0.39 is 0 Å². The molecular formula is C12H8N4OS2. The molecule has 1 aromatic heterocycles. The Morgan fingerprint density at radius 3 is 2.79 bits per heavy atom. The highest BCUT2D eigenvalue weighted by molar-refractivity contribution is 8.26. The first-order chi connectivity index (χ1) is 9.22. The van der Waals surface area contributed by atoms with Gasteiger partial charge in [-0.3, -0.25) is 4.79 Å². The van der Waals surface area contributed by atoms with E-state index in [0.29, 0.717) is 14.9 Å². The van der Waals surface area contributed by atoms with Gasteiger partial charge in [0, 0.05) is 0 Å². The Morgan fingerprint density at radius 1 is 1.32 bits per heavy atom. The molecule has 19 heavy (non-hydrogen) atoms. The average Bonchev–Trinajstić information content (AvgIpc) is 2.99. The van der Waals surface area contributed by atoms with Crippen LogP contribution in [0.4, 0.5) is 0 Å². The summed E-state index contributed by atoms with van der Waals surface area (Å²) in [7, 11) is 0. The fraction of sp³-hybridized carbons (Fsp3) is 0. The third-order valence-electron chi connectivity index (χ3n) is 2.42. The van der Waals surface area contributed by atoms with Gasteiger partial charge in [-0.25, -0.2) is 0 Å². The van der Waals surface area contributed by atoms with Gasteiger partial charge in [-0.15, -0.1) is 5.10 Å². The summed E-state index contributed by atoms with van der Waals surface area (Å²) in [5.41, 5.74) is 1.48. The maximum atomic E-state index is 11.5. The van der Waals surface area contributed by atoms with Crippen molar-refractivity contribution in [3.05, 3.63) is 47.1 Å². The molecule has 2 heterocycles. The fourth-order valence-corrected chi connectivity index (χ4v) is 2.61. The molecule has 1 aliphatic heterocycles. The number of amides is 1. The first-order valence-electron chi connectivity index (χ1n) is 5.45. The number of thiocarbonyl (C=S) groups is 1. The summed E-state index contributed by atoms with van der Waals surface area (Å²) < 4.78 is 0.465. The van der Waals surface area contributed by atoms with Gasteiger partial charge in [0.1, 0.15) is 10.0 Å². The molecule has 5 nitrogen and oxygen atoms in total. The van der Waals surface area contributed by atoms with Gasteiger partial charge in [-0.2, -0.15) is 9.90 Å². The van der Waals surface area contributed by atoms with Crippen LogP contribution in [0.5, 0.6) is 0 Å². The van der Waals surface area contributed by atoms with Gasteiger partial charge in [-0.05, 0) is 18.2 Å². The maximum Gasteiger partial charge on any atom is 0.263 e. The highest BCUT2D eigenvalue weighted by Gasteiger charge is 2.22. The van der Waals surface area contributed by atoms with E-state index in [0.717, 1.165) is 5.69 Å². The SMILES string of the molecule is O=C1NC(=S)S/C1=C/c1cnn(-c2ccccc2)n1. The van der Waals surface area contributed by atoms with Gasteiger partial charge in [0.2, 0.25) is 0 Å². The summed E-state index contributed by atoms with van der Waals surface area (Å²) in [6, 6.07) is 9.56. The maximum absolute atomic E-state index is 11.5. The van der Waals surface area contributed by atoms with Crippen molar-refractivity contribution < 1.29 is 4.79 Å². The third kappa shape index (κ3) is 2.56. The summed E-state index contributed by atoms with van der Waals surface area (Å²) in [5, 5.41) is 11.0. The van der Waals surface area contributed by atoms with Gasteiger partial charge in [0.15, 0.2) is 0 Å². The normalized spacial score (nSPS) is 16.9. The van der Waals surface area contributed by atoms with Crippen molar-refractivity contribution >= 4 is 40.3 Å². The van der Waals surface area contributed by atoms with E-state index in [9.17, 15) is 4.79 Å². The predicted molar refractivity (Wildman–Crippen MR) is 77.7 cm³/mol. The number of para-hydroxylation sites is 1. The van der Waals surface area contributed by atoms with Crippen LogP contribution in [0.3, 0.4) is 0 Å². The molecule has 1 fully saturated rings. The van der Waals surface area contributed by atoms with Crippen LogP contribution in [-0.4, -0.2) is 25.2 Å². The van der Waals surface area contributed by atoms with Crippen molar-refractivity contribution in [2.24, 2.45) is 0 Å². The number of rotatable bonds is 2. The minimum atomic E-state index is -0.190. The minimum Gasteiger partial charge on any atom is -0.307 e. The van der Waals surface area contributed by atoms with Crippen molar-refractivity contribution in [2.45, 2.75) is 0 Å². The van der Waals surface area contributed by atoms with E-state index in [-0.39, 0.29) is 5.91 Å². The number of nitrogens with zero attached hydrogens (tertiary/aromatic N) is 3. The first-order valence-corrected chi connectivity index (χ1v) is 6.67. The number of carbonyl (C=O) groups excluding carboxylic acids is 1. The highest BCUT2D eigenvalue weighted by Crippen LogP contribution is 2.25.